The lowest BCUT2D eigenvalue weighted by Gasteiger charge is -2.21. The van der Waals surface area contributed by atoms with E-state index in [1.165, 1.54) is 23.9 Å². The highest BCUT2D eigenvalue weighted by Gasteiger charge is 2.31. The fraction of sp³-hybridized carbons (Fsp3) is 0.286. The Balaban J connectivity index is 1.94. The van der Waals surface area contributed by atoms with Gasteiger partial charge in [0.15, 0.2) is 0 Å². The third kappa shape index (κ3) is 3.93. The van der Waals surface area contributed by atoms with Crippen molar-refractivity contribution in [2.24, 2.45) is 0 Å². The smallest absolute Gasteiger partial charge is 0.321 e. The molecule has 0 amide bonds. The van der Waals surface area contributed by atoms with Crippen LogP contribution in [-0.4, -0.2) is 21.9 Å². The maximum Gasteiger partial charge on any atom is 0.321 e. The van der Waals surface area contributed by atoms with Gasteiger partial charge in [-0.05, 0) is 44.5 Å². The number of nitrogens with zero attached hydrogens (tertiary/aromatic N) is 1. The molecular formula is C21H22FNO2S. The van der Waals surface area contributed by atoms with Gasteiger partial charge in [0, 0.05) is 28.5 Å². The Morgan fingerprint density at radius 3 is 2.54 bits per heavy atom. The Labute approximate surface area is 157 Å². The molecule has 26 heavy (non-hydrogen) atoms. The van der Waals surface area contributed by atoms with Crippen LogP contribution >= 0.6 is 11.8 Å². The minimum atomic E-state index is -0.680. The van der Waals surface area contributed by atoms with Gasteiger partial charge in [-0.3, -0.25) is 4.79 Å². The quantitative estimate of drug-likeness (QED) is 0.437. The first-order chi connectivity index (χ1) is 12.4. The molecule has 0 N–H and O–H groups in total. The summed E-state index contributed by atoms with van der Waals surface area (Å²) >= 11 is 1.50. The van der Waals surface area contributed by atoms with Crippen molar-refractivity contribution in [3.8, 4) is 0 Å². The van der Waals surface area contributed by atoms with E-state index in [1.807, 2.05) is 32.9 Å². The number of hydrogen-bond acceptors (Lipinski definition) is 3. The summed E-state index contributed by atoms with van der Waals surface area (Å²) in [7, 11) is 0. The number of ether oxygens (including phenoxy) is 1. The number of rotatable bonds is 6. The summed E-state index contributed by atoms with van der Waals surface area (Å²) in [6, 6.07) is 14.6. The van der Waals surface area contributed by atoms with Crippen LogP contribution in [0.25, 0.3) is 10.9 Å². The van der Waals surface area contributed by atoms with E-state index >= 15 is 0 Å². The Hall–Kier alpha value is -2.27. The highest BCUT2D eigenvalue weighted by atomic mass is 32.2. The van der Waals surface area contributed by atoms with E-state index in [0.717, 1.165) is 21.4 Å². The largest absolute Gasteiger partial charge is 0.465 e. The number of fused-ring (bicyclic) bond motifs is 1. The Bertz CT molecular complexity index is 915. The van der Waals surface area contributed by atoms with Gasteiger partial charge in [0.2, 0.25) is 0 Å². The second-order valence-corrected chi connectivity index (χ2v) is 8.26. The first kappa shape index (κ1) is 18.5. The van der Waals surface area contributed by atoms with E-state index in [9.17, 15) is 9.18 Å². The summed E-state index contributed by atoms with van der Waals surface area (Å²) in [5, 5.41) is 1.09. The second-order valence-electron chi connectivity index (χ2n) is 6.60. The zero-order valence-corrected chi connectivity index (χ0v) is 16.0. The van der Waals surface area contributed by atoms with Crippen molar-refractivity contribution in [2.75, 3.05) is 6.61 Å². The summed E-state index contributed by atoms with van der Waals surface area (Å²) in [5.41, 5.74) is 2.10. The van der Waals surface area contributed by atoms with E-state index in [4.69, 9.17) is 4.74 Å². The number of para-hydroxylation sites is 1. The molecule has 0 spiro atoms. The zero-order chi connectivity index (χ0) is 18.7. The Morgan fingerprint density at radius 1 is 1.15 bits per heavy atom. The summed E-state index contributed by atoms with van der Waals surface area (Å²) in [4.78, 5) is 13.3. The van der Waals surface area contributed by atoms with Gasteiger partial charge in [-0.1, -0.05) is 30.3 Å². The van der Waals surface area contributed by atoms with E-state index in [2.05, 4.69) is 22.9 Å². The first-order valence-electron chi connectivity index (χ1n) is 8.59. The Morgan fingerprint density at radius 2 is 1.85 bits per heavy atom. The van der Waals surface area contributed by atoms with E-state index in [-0.39, 0.29) is 11.8 Å². The first-order valence-corrected chi connectivity index (χ1v) is 9.41. The highest BCUT2D eigenvalue weighted by molar-refractivity contribution is 8.01. The third-order valence-corrected chi connectivity index (χ3v) is 5.37. The minimum absolute atomic E-state index is 0.222. The molecule has 0 saturated carbocycles. The number of aromatic nitrogens is 1. The predicted molar refractivity (Wildman–Crippen MR) is 104 cm³/mol. The Kier molecular flexibility index (Phi) is 5.37. The maximum absolute atomic E-state index is 13.2. The van der Waals surface area contributed by atoms with Crippen molar-refractivity contribution in [3.05, 3.63) is 66.1 Å². The number of carbonyl (C=O) groups excluding carboxylic acids is 1. The molecule has 1 heterocycles. The van der Waals surface area contributed by atoms with Gasteiger partial charge in [-0.15, -0.1) is 11.8 Å². The monoisotopic (exact) mass is 371 g/mol. The number of benzene rings is 2. The molecule has 0 saturated heterocycles. The van der Waals surface area contributed by atoms with Crippen LogP contribution in [0, 0.1) is 5.82 Å². The molecule has 3 nitrogen and oxygen atoms in total. The van der Waals surface area contributed by atoms with Gasteiger partial charge in [-0.2, -0.15) is 0 Å². The number of thioether (sulfide) groups is 1. The van der Waals surface area contributed by atoms with Gasteiger partial charge >= 0.3 is 5.97 Å². The normalized spacial score (nSPS) is 11.7. The van der Waals surface area contributed by atoms with Crippen molar-refractivity contribution in [3.63, 3.8) is 0 Å². The molecule has 3 aromatic rings. The van der Waals surface area contributed by atoms with Crippen LogP contribution in [0.5, 0.6) is 0 Å². The lowest BCUT2D eigenvalue weighted by atomic mass is 10.2. The van der Waals surface area contributed by atoms with Crippen molar-refractivity contribution in [2.45, 2.75) is 37.0 Å². The molecule has 0 aliphatic carbocycles. The lowest BCUT2D eigenvalue weighted by Crippen LogP contribution is -2.29. The minimum Gasteiger partial charge on any atom is -0.465 e. The average molecular weight is 371 g/mol. The predicted octanol–water partition coefficient (Wildman–Crippen LogP) is 5.26. The molecule has 0 unspecified atom stereocenters. The van der Waals surface area contributed by atoms with Crippen LogP contribution in [0.1, 0.15) is 26.3 Å². The molecular weight excluding hydrogens is 349 g/mol. The van der Waals surface area contributed by atoms with E-state index in [1.54, 1.807) is 12.1 Å². The second kappa shape index (κ2) is 7.54. The van der Waals surface area contributed by atoms with Crippen LogP contribution in [0.4, 0.5) is 4.39 Å². The molecule has 0 atom stereocenters. The number of halogens is 1. The van der Waals surface area contributed by atoms with Crippen molar-refractivity contribution < 1.29 is 13.9 Å². The standard InChI is InChI=1S/C21H22FNO2S/c1-4-25-20(24)21(2,3)26-19-14-23(18-8-6-5-7-17(18)19)13-15-9-11-16(22)12-10-15/h5-12,14H,4,13H2,1-3H3. The summed E-state index contributed by atoms with van der Waals surface area (Å²) < 4.78 is 19.8. The van der Waals surface area contributed by atoms with Crippen molar-refractivity contribution in [1.82, 2.24) is 4.57 Å². The van der Waals surface area contributed by atoms with Crippen molar-refractivity contribution in [1.29, 1.82) is 0 Å². The SMILES string of the molecule is CCOC(=O)C(C)(C)Sc1cn(Cc2ccc(F)cc2)c2ccccc12. The maximum atomic E-state index is 13.2. The number of esters is 1. The molecule has 0 bridgehead atoms. The molecule has 0 aliphatic rings. The molecule has 0 aliphatic heterocycles. The van der Waals surface area contributed by atoms with Crippen LogP contribution in [-0.2, 0) is 16.1 Å². The molecule has 1 aromatic heterocycles. The van der Waals surface area contributed by atoms with Crippen molar-refractivity contribution >= 4 is 28.6 Å². The van der Waals surface area contributed by atoms with Crippen LogP contribution in [0.2, 0.25) is 0 Å². The van der Waals surface area contributed by atoms with Gasteiger partial charge in [0.05, 0.1) is 6.61 Å². The number of carbonyl (C=O) groups is 1. The highest BCUT2D eigenvalue weighted by Crippen LogP contribution is 2.39. The fourth-order valence-electron chi connectivity index (χ4n) is 2.83. The van der Waals surface area contributed by atoms with E-state index < -0.39 is 4.75 Å². The van der Waals surface area contributed by atoms with Gasteiger partial charge in [0.1, 0.15) is 10.6 Å². The molecule has 5 heteroatoms. The molecule has 2 aromatic carbocycles. The van der Waals surface area contributed by atoms with Gasteiger partial charge < -0.3 is 9.30 Å². The topological polar surface area (TPSA) is 31.2 Å². The lowest BCUT2D eigenvalue weighted by molar-refractivity contribution is -0.145. The van der Waals surface area contributed by atoms with Crippen LogP contribution in [0.15, 0.2) is 59.6 Å². The molecule has 0 radical (unpaired) electrons. The molecule has 0 fully saturated rings. The van der Waals surface area contributed by atoms with Gasteiger partial charge in [-0.25, -0.2) is 4.39 Å². The molecule has 3 rings (SSSR count). The summed E-state index contributed by atoms with van der Waals surface area (Å²) in [6.07, 6.45) is 2.06. The van der Waals surface area contributed by atoms with Crippen LogP contribution < -0.4 is 0 Å². The van der Waals surface area contributed by atoms with Gasteiger partial charge in [0.25, 0.3) is 0 Å². The number of hydrogen-bond donors (Lipinski definition) is 0. The third-order valence-electron chi connectivity index (χ3n) is 4.15. The van der Waals surface area contributed by atoms with E-state index in [0.29, 0.717) is 13.2 Å². The summed E-state index contributed by atoms with van der Waals surface area (Å²) in [6.45, 7) is 6.58. The average Bonchev–Trinajstić information content (AvgIpc) is 2.94. The summed E-state index contributed by atoms with van der Waals surface area (Å²) in [5.74, 6) is -0.459. The zero-order valence-electron chi connectivity index (χ0n) is 15.2. The fourth-order valence-corrected chi connectivity index (χ4v) is 3.99. The molecule has 136 valence electrons. The van der Waals surface area contributed by atoms with Crippen LogP contribution in [0.3, 0.4) is 0 Å².